The van der Waals surface area contributed by atoms with E-state index in [4.69, 9.17) is 4.74 Å². The Balaban J connectivity index is 1.51. The number of benzene rings is 2. The first-order chi connectivity index (χ1) is 12.3. The monoisotopic (exact) mass is 335 g/mol. The summed E-state index contributed by atoms with van der Waals surface area (Å²) in [7, 11) is 0. The van der Waals surface area contributed by atoms with E-state index in [1.807, 2.05) is 18.2 Å². The predicted octanol–water partition coefficient (Wildman–Crippen LogP) is 3.79. The van der Waals surface area contributed by atoms with Crippen LogP contribution in [0.1, 0.15) is 36.5 Å². The second-order valence-corrected chi connectivity index (χ2v) is 7.12. The third-order valence-corrected chi connectivity index (χ3v) is 5.43. The lowest BCUT2D eigenvalue weighted by Crippen LogP contribution is -2.49. The highest BCUT2D eigenvalue weighted by molar-refractivity contribution is 5.83. The van der Waals surface area contributed by atoms with E-state index in [2.05, 4.69) is 42.2 Å². The summed E-state index contributed by atoms with van der Waals surface area (Å²) in [5.74, 6) is 1.02. The number of fused-ring (bicyclic) bond motifs is 2. The van der Waals surface area contributed by atoms with Gasteiger partial charge in [-0.3, -0.25) is 4.79 Å². The van der Waals surface area contributed by atoms with Gasteiger partial charge >= 0.3 is 0 Å². The first kappa shape index (κ1) is 16.2. The number of ether oxygens (including phenoxy) is 1. The molecule has 1 heterocycles. The van der Waals surface area contributed by atoms with Gasteiger partial charge in [0.05, 0.1) is 0 Å². The fraction of sp³-hybridized carbons (Fsp3) is 0.409. The number of para-hydroxylation sites is 1. The summed E-state index contributed by atoms with van der Waals surface area (Å²) < 4.78 is 5.97. The van der Waals surface area contributed by atoms with E-state index >= 15 is 0 Å². The minimum Gasteiger partial charge on any atom is -0.480 e. The van der Waals surface area contributed by atoms with Crippen molar-refractivity contribution in [3.05, 3.63) is 65.2 Å². The Morgan fingerprint density at radius 3 is 2.52 bits per heavy atom. The van der Waals surface area contributed by atoms with Crippen LogP contribution in [-0.2, 0) is 24.1 Å². The van der Waals surface area contributed by atoms with E-state index in [-0.39, 0.29) is 18.1 Å². The van der Waals surface area contributed by atoms with Crippen molar-refractivity contribution in [2.75, 3.05) is 6.54 Å². The van der Waals surface area contributed by atoms with Crippen LogP contribution in [0, 0.1) is 0 Å². The minimum absolute atomic E-state index is 0.155. The molecule has 0 aromatic heterocycles. The van der Waals surface area contributed by atoms with Crippen LogP contribution in [0.5, 0.6) is 5.75 Å². The molecule has 2 unspecified atom stereocenters. The van der Waals surface area contributed by atoms with E-state index < -0.39 is 0 Å². The number of carbonyl (C=O) groups is 1. The standard InChI is InChI=1S/C22H25NO2/c1-2-13-23(19-12-11-16-7-3-4-8-17(16)14-19)22(24)21-15-18-9-5-6-10-20(18)25-21/h3-10,19,21H,2,11-15H2,1H3. The molecule has 4 rings (SSSR count). The molecular formula is C22H25NO2. The molecule has 1 aliphatic heterocycles. The van der Waals surface area contributed by atoms with Gasteiger partial charge in [-0.15, -0.1) is 0 Å². The predicted molar refractivity (Wildman–Crippen MR) is 98.8 cm³/mol. The molecule has 0 spiro atoms. The quantitative estimate of drug-likeness (QED) is 0.851. The zero-order valence-corrected chi connectivity index (χ0v) is 14.8. The fourth-order valence-electron chi connectivity index (χ4n) is 4.16. The smallest absolute Gasteiger partial charge is 0.264 e. The molecule has 2 atom stereocenters. The third kappa shape index (κ3) is 3.15. The highest BCUT2D eigenvalue weighted by atomic mass is 16.5. The van der Waals surface area contributed by atoms with Crippen molar-refractivity contribution in [3.63, 3.8) is 0 Å². The van der Waals surface area contributed by atoms with Crippen LogP contribution in [-0.4, -0.2) is 29.5 Å². The Morgan fingerprint density at radius 2 is 1.76 bits per heavy atom. The van der Waals surface area contributed by atoms with Crippen molar-refractivity contribution in [1.82, 2.24) is 4.90 Å². The zero-order chi connectivity index (χ0) is 17.2. The summed E-state index contributed by atoms with van der Waals surface area (Å²) in [4.78, 5) is 15.3. The minimum atomic E-state index is -0.360. The number of hydrogen-bond donors (Lipinski definition) is 0. The third-order valence-electron chi connectivity index (χ3n) is 5.43. The summed E-state index contributed by atoms with van der Waals surface area (Å²) in [5, 5.41) is 0. The Bertz CT molecular complexity index is 745. The number of amides is 1. The van der Waals surface area contributed by atoms with Crippen molar-refractivity contribution in [1.29, 1.82) is 0 Å². The van der Waals surface area contributed by atoms with Crippen LogP contribution in [0.4, 0.5) is 0 Å². The van der Waals surface area contributed by atoms with E-state index in [1.54, 1.807) is 0 Å². The number of hydrogen-bond acceptors (Lipinski definition) is 2. The molecule has 3 nitrogen and oxygen atoms in total. The highest BCUT2D eigenvalue weighted by Crippen LogP contribution is 2.31. The van der Waals surface area contributed by atoms with Gasteiger partial charge in [0, 0.05) is 19.0 Å². The maximum atomic E-state index is 13.2. The summed E-state index contributed by atoms with van der Waals surface area (Å²) in [5.41, 5.74) is 3.97. The molecule has 2 aromatic rings. The molecule has 25 heavy (non-hydrogen) atoms. The van der Waals surface area contributed by atoms with E-state index in [1.165, 1.54) is 11.1 Å². The molecule has 2 aliphatic rings. The molecule has 0 saturated heterocycles. The molecule has 2 aromatic carbocycles. The van der Waals surface area contributed by atoms with Crippen LogP contribution in [0.25, 0.3) is 0 Å². The Morgan fingerprint density at radius 1 is 1.04 bits per heavy atom. The Labute approximate surface area is 149 Å². The van der Waals surface area contributed by atoms with E-state index in [0.29, 0.717) is 6.42 Å². The molecule has 0 bridgehead atoms. The highest BCUT2D eigenvalue weighted by Gasteiger charge is 2.35. The van der Waals surface area contributed by atoms with Crippen molar-refractivity contribution in [2.24, 2.45) is 0 Å². The lowest BCUT2D eigenvalue weighted by molar-refractivity contribution is -0.140. The summed E-state index contributed by atoms with van der Waals surface area (Å²) >= 11 is 0. The number of aryl methyl sites for hydroxylation is 1. The summed E-state index contributed by atoms with van der Waals surface area (Å²) in [6.45, 7) is 2.95. The Hall–Kier alpha value is -2.29. The average molecular weight is 335 g/mol. The van der Waals surface area contributed by atoms with Crippen LogP contribution >= 0.6 is 0 Å². The molecule has 1 amide bonds. The summed E-state index contributed by atoms with van der Waals surface area (Å²) in [6, 6.07) is 16.9. The number of rotatable bonds is 4. The maximum absolute atomic E-state index is 13.2. The average Bonchev–Trinajstić information content (AvgIpc) is 3.09. The molecule has 0 radical (unpaired) electrons. The lowest BCUT2D eigenvalue weighted by Gasteiger charge is -2.36. The van der Waals surface area contributed by atoms with Gasteiger partial charge in [-0.25, -0.2) is 0 Å². The van der Waals surface area contributed by atoms with E-state index in [9.17, 15) is 4.79 Å². The van der Waals surface area contributed by atoms with Crippen molar-refractivity contribution in [3.8, 4) is 5.75 Å². The normalized spacial score (nSPS) is 21.2. The molecule has 0 fully saturated rings. The van der Waals surface area contributed by atoms with Gasteiger partial charge < -0.3 is 9.64 Å². The largest absolute Gasteiger partial charge is 0.480 e. The van der Waals surface area contributed by atoms with Gasteiger partial charge in [0.25, 0.3) is 5.91 Å². The van der Waals surface area contributed by atoms with E-state index in [0.717, 1.165) is 43.5 Å². The van der Waals surface area contributed by atoms with Crippen molar-refractivity contribution < 1.29 is 9.53 Å². The van der Waals surface area contributed by atoms with Gasteiger partial charge in [-0.05, 0) is 48.4 Å². The fourth-order valence-corrected chi connectivity index (χ4v) is 4.16. The molecule has 1 aliphatic carbocycles. The van der Waals surface area contributed by atoms with Crippen LogP contribution < -0.4 is 4.74 Å². The lowest BCUT2D eigenvalue weighted by atomic mass is 9.87. The molecule has 3 heteroatoms. The topological polar surface area (TPSA) is 29.5 Å². The SMILES string of the molecule is CCCN(C(=O)C1Cc2ccccc2O1)C1CCc2ccccc2C1. The zero-order valence-electron chi connectivity index (χ0n) is 14.8. The van der Waals surface area contributed by atoms with Crippen LogP contribution in [0.3, 0.4) is 0 Å². The van der Waals surface area contributed by atoms with Crippen LogP contribution in [0.2, 0.25) is 0 Å². The second-order valence-electron chi connectivity index (χ2n) is 7.12. The Kier molecular flexibility index (Phi) is 4.48. The number of carbonyl (C=O) groups excluding carboxylic acids is 1. The van der Waals surface area contributed by atoms with Gasteiger partial charge in [0.2, 0.25) is 0 Å². The maximum Gasteiger partial charge on any atom is 0.264 e. The van der Waals surface area contributed by atoms with Gasteiger partial charge in [0.1, 0.15) is 5.75 Å². The van der Waals surface area contributed by atoms with Gasteiger partial charge in [-0.2, -0.15) is 0 Å². The first-order valence-corrected chi connectivity index (χ1v) is 9.38. The number of nitrogens with zero attached hydrogens (tertiary/aromatic N) is 1. The summed E-state index contributed by atoms with van der Waals surface area (Å²) in [6.07, 6.45) is 4.37. The second kappa shape index (κ2) is 6.91. The molecular weight excluding hydrogens is 310 g/mol. The molecule has 0 saturated carbocycles. The van der Waals surface area contributed by atoms with Gasteiger partial charge in [0.15, 0.2) is 6.10 Å². The van der Waals surface area contributed by atoms with Crippen LogP contribution in [0.15, 0.2) is 48.5 Å². The van der Waals surface area contributed by atoms with Crippen molar-refractivity contribution in [2.45, 2.75) is 51.2 Å². The van der Waals surface area contributed by atoms with Crippen molar-refractivity contribution >= 4 is 5.91 Å². The first-order valence-electron chi connectivity index (χ1n) is 9.38. The molecule has 130 valence electrons. The molecule has 0 N–H and O–H groups in total. The van der Waals surface area contributed by atoms with Gasteiger partial charge in [-0.1, -0.05) is 49.4 Å².